The van der Waals surface area contributed by atoms with Gasteiger partial charge in [-0.15, -0.1) is 11.3 Å². The molecule has 0 bridgehead atoms. The zero-order valence-electron chi connectivity index (χ0n) is 15.0. The van der Waals surface area contributed by atoms with Crippen molar-refractivity contribution in [3.05, 3.63) is 46.8 Å². The van der Waals surface area contributed by atoms with Crippen LogP contribution in [-0.4, -0.2) is 64.8 Å². The van der Waals surface area contributed by atoms with Gasteiger partial charge in [0.2, 0.25) is 0 Å². The Hall–Kier alpha value is -1.96. The molecule has 2 aliphatic heterocycles. The van der Waals surface area contributed by atoms with E-state index in [9.17, 15) is 4.79 Å². The highest BCUT2D eigenvalue weighted by molar-refractivity contribution is 7.12. The van der Waals surface area contributed by atoms with Crippen LogP contribution in [0.4, 0.5) is 0 Å². The van der Waals surface area contributed by atoms with Gasteiger partial charge in [-0.2, -0.15) is 0 Å². The number of nitrogens with one attached hydrogen (secondary N) is 2. The van der Waals surface area contributed by atoms with Crippen molar-refractivity contribution < 1.29 is 4.79 Å². The number of amides is 1. The Kier molecular flexibility index (Phi) is 4.69. The zero-order chi connectivity index (χ0) is 18.1. The molecule has 4 rings (SSSR count). The van der Waals surface area contributed by atoms with Crippen LogP contribution in [0.1, 0.15) is 28.9 Å². The van der Waals surface area contributed by atoms with Gasteiger partial charge < -0.3 is 15.2 Å². The standard InChI is InChI=1S/C19H25N5OS/c1-22-11-4-15(5-12-22)24(18(25)16-3-2-14-26-16)17-6-13-23(21-17)19(7-8-19)9-10-20/h2-3,6-8,10,13-15,17,20-21H,4-5,9,11-12H2,1H3. The molecule has 2 N–H and O–H groups in total. The number of thiophene rings is 1. The summed E-state index contributed by atoms with van der Waals surface area (Å²) in [6.07, 6.45) is 12.2. The highest BCUT2D eigenvalue weighted by atomic mass is 32.1. The van der Waals surface area contributed by atoms with Crippen molar-refractivity contribution in [2.24, 2.45) is 0 Å². The average molecular weight is 372 g/mol. The number of hydrogen-bond donors (Lipinski definition) is 2. The predicted molar refractivity (Wildman–Crippen MR) is 104 cm³/mol. The number of hydrogen-bond acceptors (Lipinski definition) is 6. The first-order valence-corrected chi connectivity index (χ1v) is 9.99. The summed E-state index contributed by atoms with van der Waals surface area (Å²) in [6.45, 7) is 2.02. The third kappa shape index (κ3) is 3.22. The molecule has 0 radical (unpaired) electrons. The van der Waals surface area contributed by atoms with Crippen molar-refractivity contribution in [1.29, 1.82) is 5.41 Å². The first-order valence-electron chi connectivity index (χ1n) is 9.11. The van der Waals surface area contributed by atoms with E-state index in [1.165, 1.54) is 17.6 Å². The third-order valence-electron chi connectivity index (χ3n) is 5.47. The van der Waals surface area contributed by atoms with Gasteiger partial charge in [0, 0.05) is 18.7 Å². The number of likely N-dealkylation sites (tertiary alicyclic amines) is 1. The van der Waals surface area contributed by atoms with Gasteiger partial charge in [-0.1, -0.05) is 18.2 Å². The molecule has 1 aromatic heterocycles. The smallest absolute Gasteiger partial charge is 0.265 e. The largest absolute Gasteiger partial charge is 0.314 e. The molecule has 138 valence electrons. The van der Waals surface area contributed by atoms with E-state index in [4.69, 9.17) is 5.41 Å². The van der Waals surface area contributed by atoms with Crippen LogP contribution in [-0.2, 0) is 0 Å². The Morgan fingerprint density at radius 2 is 2.23 bits per heavy atom. The molecule has 1 aliphatic carbocycles. The molecule has 3 heterocycles. The molecule has 0 spiro atoms. The third-order valence-corrected chi connectivity index (χ3v) is 6.32. The monoisotopic (exact) mass is 371 g/mol. The van der Waals surface area contributed by atoms with Gasteiger partial charge >= 0.3 is 0 Å². The summed E-state index contributed by atoms with van der Waals surface area (Å²) in [6, 6.07) is 4.07. The van der Waals surface area contributed by atoms with Crippen molar-refractivity contribution in [1.82, 2.24) is 20.2 Å². The Balaban J connectivity index is 1.53. The van der Waals surface area contributed by atoms with Crippen molar-refractivity contribution in [3.63, 3.8) is 0 Å². The van der Waals surface area contributed by atoms with Gasteiger partial charge in [0.25, 0.3) is 5.91 Å². The van der Waals surface area contributed by atoms with E-state index in [0.29, 0.717) is 6.42 Å². The van der Waals surface area contributed by atoms with Crippen molar-refractivity contribution in [2.75, 3.05) is 20.1 Å². The lowest BCUT2D eigenvalue weighted by atomic mass is 10.0. The fraction of sp³-hybridized carbons (Fsp3) is 0.474. The van der Waals surface area contributed by atoms with Gasteiger partial charge in [-0.25, -0.2) is 5.43 Å². The molecule has 6 nitrogen and oxygen atoms in total. The van der Waals surface area contributed by atoms with Gasteiger partial charge in [-0.3, -0.25) is 9.80 Å². The van der Waals surface area contributed by atoms with Crippen LogP contribution in [0.5, 0.6) is 0 Å². The summed E-state index contributed by atoms with van der Waals surface area (Å²) >= 11 is 1.50. The number of carbonyl (C=O) groups is 1. The lowest BCUT2D eigenvalue weighted by molar-refractivity contribution is 0.0373. The van der Waals surface area contributed by atoms with E-state index in [-0.39, 0.29) is 23.7 Å². The Morgan fingerprint density at radius 3 is 2.85 bits per heavy atom. The average Bonchev–Trinajstić information content (AvgIpc) is 3.06. The Morgan fingerprint density at radius 1 is 1.46 bits per heavy atom. The normalized spacial score (nSPS) is 24.8. The minimum atomic E-state index is -0.211. The second-order valence-electron chi connectivity index (χ2n) is 7.24. The fourth-order valence-corrected chi connectivity index (χ4v) is 4.45. The molecule has 1 aromatic rings. The molecule has 0 aromatic carbocycles. The van der Waals surface area contributed by atoms with Crippen LogP contribution in [0.2, 0.25) is 0 Å². The molecule has 3 aliphatic rings. The van der Waals surface area contributed by atoms with E-state index in [1.54, 1.807) is 0 Å². The molecule has 1 unspecified atom stereocenters. The number of rotatable bonds is 6. The van der Waals surface area contributed by atoms with Crippen molar-refractivity contribution in [2.45, 2.75) is 37.0 Å². The van der Waals surface area contributed by atoms with E-state index < -0.39 is 0 Å². The lowest BCUT2D eigenvalue weighted by Gasteiger charge is -2.41. The lowest BCUT2D eigenvalue weighted by Crippen LogP contribution is -2.57. The van der Waals surface area contributed by atoms with Crippen LogP contribution in [0.3, 0.4) is 0 Å². The maximum atomic E-state index is 13.2. The van der Waals surface area contributed by atoms with Crippen molar-refractivity contribution >= 4 is 23.5 Å². The molecular weight excluding hydrogens is 346 g/mol. The van der Waals surface area contributed by atoms with Crippen LogP contribution in [0.25, 0.3) is 0 Å². The van der Waals surface area contributed by atoms with Crippen LogP contribution in [0.15, 0.2) is 41.9 Å². The molecule has 1 fully saturated rings. The maximum Gasteiger partial charge on any atom is 0.265 e. The minimum absolute atomic E-state index is 0.100. The van der Waals surface area contributed by atoms with E-state index >= 15 is 0 Å². The quantitative estimate of drug-likeness (QED) is 0.595. The Bertz CT molecular complexity index is 714. The van der Waals surface area contributed by atoms with Crippen LogP contribution in [0, 0.1) is 5.41 Å². The van der Waals surface area contributed by atoms with Gasteiger partial charge in [-0.05, 0) is 56.7 Å². The number of nitrogens with zero attached hydrogens (tertiary/aromatic N) is 3. The number of hydrazine groups is 1. The van der Waals surface area contributed by atoms with Crippen LogP contribution >= 0.6 is 11.3 Å². The summed E-state index contributed by atoms with van der Waals surface area (Å²) in [5, 5.41) is 11.4. The Labute approximate surface area is 158 Å². The summed E-state index contributed by atoms with van der Waals surface area (Å²) < 4.78 is 0. The predicted octanol–water partition coefficient (Wildman–Crippen LogP) is 2.29. The van der Waals surface area contributed by atoms with E-state index in [0.717, 1.165) is 30.8 Å². The molecule has 1 saturated heterocycles. The van der Waals surface area contributed by atoms with E-state index in [2.05, 4.69) is 35.6 Å². The van der Waals surface area contributed by atoms with Crippen LogP contribution < -0.4 is 5.43 Å². The first kappa shape index (κ1) is 17.5. The van der Waals surface area contributed by atoms with E-state index in [1.807, 2.05) is 33.6 Å². The minimum Gasteiger partial charge on any atom is -0.314 e. The second kappa shape index (κ2) is 6.98. The molecule has 1 atom stereocenters. The summed E-state index contributed by atoms with van der Waals surface area (Å²) in [4.78, 5) is 18.4. The first-order chi connectivity index (χ1) is 12.6. The summed E-state index contributed by atoms with van der Waals surface area (Å²) in [7, 11) is 2.14. The molecule has 26 heavy (non-hydrogen) atoms. The highest BCUT2D eigenvalue weighted by Gasteiger charge is 2.43. The summed E-state index contributed by atoms with van der Waals surface area (Å²) in [5.74, 6) is 0.100. The second-order valence-corrected chi connectivity index (χ2v) is 8.19. The highest BCUT2D eigenvalue weighted by Crippen LogP contribution is 2.35. The topological polar surface area (TPSA) is 62.7 Å². The molecular formula is C19H25N5OS. The van der Waals surface area contributed by atoms with Gasteiger partial charge in [0.15, 0.2) is 0 Å². The fourth-order valence-electron chi connectivity index (χ4n) is 3.78. The molecule has 7 heteroatoms. The zero-order valence-corrected chi connectivity index (χ0v) is 15.8. The van der Waals surface area contributed by atoms with Crippen molar-refractivity contribution in [3.8, 4) is 0 Å². The number of piperidine rings is 1. The van der Waals surface area contributed by atoms with Gasteiger partial charge in [0.1, 0.15) is 6.17 Å². The SMILES string of the molecule is CN1CCC(N(C(=O)c2cccs2)C2C=CN(C3(CC=N)C=C3)N2)CC1. The van der Waals surface area contributed by atoms with Gasteiger partial charge in [0.05, 0.1) is 10.4 Å². The molecule has 1 amide bonds. The maximum absolute atomic E-state index is 13.2. The summed E-state index contributed by atoms with van der Waals surface area (Å²) in [5.41, 5.74) is 3.27. The number of carbonyl (C=O) groups excluding carboxylic acids is 1. The molecule has 0 saturated carbocycles.